The van der Waals surface area contributed by atoms with Crippen LogP contribution in [0.25, 0.3) is 0 Å². The van der Waals surface area contributed by atoms with E-state index in [1.165, 1.54) is 0 Å². The van der Waals surface area contributed by atoms with Gasteiger partial charge in [0.25, 0.3) is 5.91 Å². The average molecular weight is 395 g/mol. The Bertz CT molecular complexity index is 871. The van der Waals surface area contributed by atoms with E-state index in [0.717, 1.165) is 16.8 Å². The molecule has 0 aliphatic carbocycles. The molecule has 0 saturated carbocycles. The average Bonchev–Trinajstić information content (AvgIpc) is 2.77. The van der Waals surface area contributed by atoms with E-state index in [-0.39, 0.29) is 17.2 Å². The van der Waals surface area contributed by atoms with E-state index in [1.54, 1.807) is 0 Å². The summed E-state index contributed by atoms with van der Waals surface area (Å²) >= 11 is 0. The lowest BCUT2D eigenvalue weighted by molar-refractivity contribution is -0.139. The van der Waals surface area contributed by atoms with Crippen molar-refractivity contribution in [3.05, 3.63) is 59.7 Å². The predicted octanol–water partition coefficient (Wildman–Crippen LogP) is 4.76. The summed E-state index contributed by atoms with van der Waals surface area (Å²) in [6, 6.07) is 15.6. The highest BCUT2D eigenvalue weighted by molar-refractivity contribution is 5.91. The van der Waals surface area contributed by atoms with E-state index in [1.807, 2.05) is 81.1 Å². The van der Waals surface area contributed by atoms with Gasteiger partial charge in [-0.3, -0.25) is 9.59 Å². The summed E-state index contributed by atoms with van der Waals surface area (Å²) in [6.07, 6.45) is 0.548. The van der Waals surface area contributed by atoms with Gasteiger partial charge in [-0.1, -0.05) is 58.0 Å². The highest BCUT2D eigenvalue weighted by Gasteiger charge is 2.30. The van der Waals surface area contributed by atoms with Crippen molar-refractivity contribution in [3.63, 3.8) is 0 Å². The van der Waals surface area contributed by atoms with Gasteiger partial charge in [0.15, 0.2) is 6.10 Å². The number of nitrogens with one attached hydrogen (secondary N) is 1. The maximum Gasteiger partial charge on any atom is 0.264 e. The van der Waals surface area contributed by atoms with Crippen LogP contribution in [0.15, 0.2) is 48.5 Å². The van der Waals surface area contributed by atoms with Crippen LogP contribution in [-0.4, -0.2) is 22.8 Å². The monoisotopic (exact) mass is 394 g/mol. The Labute approximate surface area is 173 Å². The fourth-order valence-electron chi connectivity index (χ4n) is 3.47. The maximum atomic E-state index is 13.0. The number of benzene rings is 2. The molecular formula is C24H30N2O3. The third-order valence-electron chi connectivity index (χ3n) is 4.84. The highest BCUT2D eigenvalue weighted by atomic mass is 16.5. The summed E-state index contributed by atoms with van der Waals surface area (Å²) < 4.78 is 6.02. The Morgan fingerprint density at radius 1 is 1.17 bits per heavy atom. The molecule has 2 amide bonds. The summed E-state index contributed by atoms with van der Waals surface area (Å²) in [5.41, 5.74) is 2.63. The van der Waals surface area contributed by atoms with Gasteiger partial charge < -0.3 is 15.0 Å². The number of rotatable bonds is 5. The van der Waals surface area contributed by atoms with E-state index in [2.05, 4.69) is 5.32 Å². The summed E-state index contributed by atoms with van der Waals surface area (Å²) in [5, 5.41) is 2.97. The fourth-order valence-corrected chi connectivity index (χ4v) is 3.47. The molecule has 154 valence electrons. The molecule has 0 spiro atoms. The van der Waals surface area contributed by atoms with Gasteiger partial charge in [-0.25, -0.2) is 0 Å². The first-order valence-electron chi connectivity index (χ1n) is 10.2. The van der Waals surface area contributed by atoms with Crippen molar-refractivity contribution in [3.8, 4) is 5.75 Å². The van der Waals surface area contributed by atoms with Crippen LogP contribution >= 0.6 is 0 Å². The van der Waals surface area contributed by atoms with Crippen molar-refractivity contribution >= 4 is 17.5 Å². The number of hydrogen-bond acceptors (Lipinski definition) is 3. The predicted molar refractivity (Wildman–Crippen MR) is 115 cm³/mol. The van der Waals surface area contributed by atoms with Crippen molar-refractivity contribution in [2.75, 3.05) is 5.32 Å². The van der Waals surface area contributed by atoms with Crippen molar-refractivity contribution in [1.29, 1.82) is 0 Å². The molecular weight excluding hydrogens is 364 g/mol. The van der Waals surface area contributed by atoms with Crippen molar-refractivity contribution < 1.29 is 14.3 Å². The lowest BCUT2D eigenvalue weighted by atomic mass is 9.92. The normalized spacial score (nSPS) is 16.6. The van der Waals surface area contributed by atoms with E-state index >= 15 is 0 Å². The highest BCUT2D eigenvalue weighted by Crippen LogP contribution is 2.30. The van der Waals surface area contributed by atoms with E-state index in [0.29, 0.717) is 31.7 Å². The Morgan fingerprint density at radius 2 is 1.90 bits per heavy atom. The molecule has 5 nitrogen and oxygen atoms in total. The Kier molecular flexibility index (Phi) is 6.26. The zero-order valence-corrected chi connectivity index (χ0v) is 17.7. The zero-order valence-electron chi connectivity index (χ0n) is 17.7. The molecule has 0 radical (unpaired) electrons. The molecule has 29 heavy (non-hydrogen) atoms. The summed E-state index contributed by atoms with van der Waals surface area (Å²) in [5.74, 6) is 0.677. The van der Waals surface area contributed by atoms with E-state index in [9.17, 15) is 9.59 Å². The molecule has 1 aliphatic rings. The number of anilines is 1. The van der Waals surface area contributed by atoms with Gasteiger partial charge in [0.2, 0.25) is 5.91 Å². The summed E-state index contributed by atoms with van der Waals surface area (Å²) in [6.45, 7) is 9.04. The molecule has 0 fully saturated rings. The van der Waals surface area contributed by atoms with E-state index < -0.39 is 6.10 Å². The third kappa shape index (κ3) is 5.59. The number of hydrogen-bond donors (Lipinski definition) is 1. The SMILES string of the molecule is CC[C@@H]1Oc2ccc(NC(=O)CC(C)(C)C)cc2CN(Cc2ccccc2)C1=O. The second-order valence-corrected chi connectivity index (χ2v) is 8.80. The minimum Gasteiger partial charge on any atom is -0.480 e. The van der Waals surface area contributed by atoms with Crippen LogP contribution in [0, 0.1) is 5.41 Å². The van der Waals surface area contributed by atoms with Crippen molar-refractivity contribution in [2.24, 2.45) is 5.41 Å². The fraction of sp³-hybridized carbons (Fsp3) is 0.417. The van der Waals surface area contributed by atoms with Crippen LogP contribution in [-0.2, 0) is 22.7 Å². The van der Waals surface area contributed by atoms with Crippen LogP contribution in [0.1, 0.15) is 51.7 Å². The number of carbonyl (C=O) groups is 2. The molecule has 0 aromatic heterocycles. The number of fused-ring (bicyclic) bond motifs is 1. The maximum absolute atomic E-state index is 13.0. The summed E-state index contributed by atoms with van der Waals surface area (Å²) in [4.78, 5) is 27.1. The summed E-state index contributed by atoms with van der Waals surface area (Å²) in [7, 11) is 0. The van der Waals surface area contributed by atoms with Crippen molar-refractivity contribution in [2.45, 2.75) is 59.7 Å². The Morgan fingerprint density at radius 3 is 2.55 bits per heavy atom. The molecule has 1 heterocycles. The molecule has 0 saturated heterocycles. The van der Waals surface area contributed by atoms with Gasteiger partial charge in [-0.15, -0.1) is 0 Å². The van der Waals surface area contributed by atoms with Gasteiger partial charge in [-0.2, -0.15) is 0 Å². The number of ether oxygens (including phenoxy) is 1. The number of carbonyl (C=O) groups excluding carboxylic acids is 2. The molecule has 2 aromatic carbocycles. The third-order valence-corrected chi connectivity index (χ3v) is 4.84. The molecule has 2 aromatic rings. The zero-order chi connectivity index (χ0) is 21.0. The molecule has 5 heteroatoms. The minimum atomic E-state index is -0.499. The van der Waals surface area contributed by atoms with Gasteiger partial charge in [0.1, 0.15) is 5.75 Å². The van der Waals surface area contributed by atoms with E-state index in [4.69, 9.17) is 4.74 Å². The smallest absolute Gasteiger partial charge is 0.264 e. The molecule has 3 rings (SSSR count). The topological polar surface area (TPSA) is 58.6 Å². The van der Waals surface area contributed by atoms with Crippen LogP contribution < -0.4 is 10.1 Å². The second kappa shape index (κ2) is 8.68. The molecule has 1 atom stereocenters. The van der Waals surface area contributed by atoms with Crippen molar-refractivity contribution in [1.82, 2.24) is 4.90 Å². The quantitative estimate of drug-likeness (QED) is 0.795. The molecule has 0 unspecified atom stereocenters. The van der Waals surface area contributed by atoms with Gasteiger partial charge in [0.05, 0.1) is 0 Å². The Balaban J connectivity index is 1.83. The van der Waals surface area contributed by atoms with Crippen LogP contribution in [0.3, 0.4) is 0 Å². The first kappa shape index (κ1) is 20.9. The second-order valence-electron chi connectivity index (χ2n) is 8.80. The number of nitrogens with zero attached hydrogens (tertiary/aromatic N) is 1. The first-order chi connectivity index (χ1) is 13.7. The van der Waals surface area contributed by atoms with Gasteiger partial charge in [-0.05, 0) is 35.6 Å². The van der Waals surface area contributed by atoms with Crippen LogP contribution in [0.5, 0.6) is 5.75 Å². The Hall–Kier alpha value is -2.82. The first-order valence-corrected chi connectivity index (χ1v) is 10.2. The molecule has 1 N–H and O–H groups in total. The standard InChI is InChI=1S/C24H30N2O3/c1-5-20-23(28)26(15-17-9-7-6-8-10-17)16-18-13-19(11-12-21(18)29-20)25-22(27)14-24(2,3)4/h6-13,20H,5,14-16H2,1-4H3,(H,25,27)/t20-/m0/s1. The largest absolute Gasteiger partial charge is 0.480 e. The van der Waals surface area contributed by atoms with Crippen LogP contribution in [0.2, 0.25) is 0 Å². The lowest BCUT2D eigenvalue weighted by Crippen LogP contribution is -2.38. The number of amides is 2. The van der Waals surface area contributed by atoms with Gasteiger partial charge >= 0.3 is 0 Å². The molecule has 0 bridgehead atoms. The lowest BCUT2D eigenvalue weighted by Gasteiger charge is -2.23. The van der Waals surface area contributed by atoms with Gasteiger partial charge in [0, 0.05) is 30.8 Å². The minimum absolute atomic E-state index is 0.00845. The van der Waals surface area contributed by atoms with Crippen LogP contribution in [0.4, 0.5) is 5.69 Å². The molecule has 1 aliphatic heterocycles.